The maximum absolute atomic E-state index is 8.86. The number of anilines is 1. The average molecular weight is 341 g/mol. The number of rotatable bonds is 5. The van der Waals surface area contributed by atoms with Gasteiger partial charge in [-0.15, -0.1) is 6.42 Å². The Hall–Kier alpha value is -2.43. The molecule has 21 heavy (non-hydrogen) atoms. The fourth-order valence-electron chi connectivity index (χ4n) is 1.83. The number of nitriles is 1. The van der Waals surface area contributed by atoms with Crippen LogP contribution in [0.4, 0.5) is 5.69 Å². The first-order valence-electron chi connectivity index (χ1n) is 6.32. The average Bonchev–Trinajstić information content (AvgIpc) is 2.52. The molecule has 0 radical (unpaired) electrons. The summed E-state index contributed by atoms with van der Waals surface area (Å²) in [6.07, 6.45) is 5.22. The number of para-hydroxylation sites is 1. The maximum Gasteiger partial charge on any atom is 0.148 e. The van der Waals surface area contributed by atoms with Crippen LogP contribution in [-0.2, 0) is 6.54 Å². The third kappa shape index (κ3) is 4.02. The lowest BCUT2D eigenvalue weighted by Crippen LogP contribution is -2.04. The zero-order chi connectivity index (χ0) is 15.1. The van der Waals surface area contributed by atoms with Crippen molar-refractivity contribution in [2.75, 3.05) is 11.9 Å². The fraction of sp³-hybridized carbons (Fsp3) is 0.118. The lowest BCUT2D eigenvalue weighted by atomic mass is 10.2. The van der Waals surface area contributed by atoms with Gasteiger partial charge in [0.25, 0.3) is 0 Å². The molecule has 0 heterocycles. The van der Waals surface area contributed by atoms with Gasteiger partial charge in [0.2, 0.25) is 0 Å². The molecular formula is C17H13BrN2O. The van der Waals surface area contributed by atoms with Gasteiger partial charge in [-0.3, -0.25) is 0 Å². The van der Waals surface area contributed by atoms with Gasteiger partial charge in [-0.25, -0.2) is 0 Å². The van der Waals surface area contributed by atoms with E-state index in [4.69, 9.17) is 16.4 Å². The Morgan fingerprint density at radius 2 is 2.05 bits per heavy atom. The summed E-state index contributed by atoms with van der Waals surface area (Å²) in [5, 5.41) is 12.2. The Balaban J connectivity index is 2.10. The smallest absolute Gasteiger partial charge is 0.148 e. The minimum Gasteiger partial charge on any atom is -0.481 e. The van der Waals surface area contributed by atoms with Gasteiger partial charge in [0.1, 0.15) is 12.4 Å². The van der Waals surface area contributed by atoms with E-state index in [0.717, 1.165) is 21.5 Å². The summed E-state index contributed by atoms with van der Waals surface area (Å²) < 4.78 is 6.36. The Morgan fingerprint density at radius 3 is 2.76 bits per heavy atom. The van der Waals surface area contributed by atoms with Crippen LogP contribution in [0.3, 0.4) is 0 Å². The second kappa shape index (κ2) is 7.38. The Kier molecular flexibility index (Phi) is 5.26. The van der Waals surface area contributed by atoms with Crippen LogP contribution in [0.25, 0.3) is 0 Å². The highest BCUT2D eigenvalue weighted by Gasteiger charge is 2.05. The second-order valence-electron chi connectivity index (χ2n) is 4.26. The van der Waals surface area contributed by atoms with E-state index in [1.165, 1.54) is 0 Å². The van der Waals surface area contributed by atoms with Crippen LogP contribution in [0, 0.1) is 23.7 Å². The van der Waals surface area contributed by atoms with E-state index in [1.807, 2.05) is 30.3 Å². The molecule has 1 N–H and O–H groups in total. The molecule has 4 heteroatoms. The summed E-state index contributed by atoms with van der Waals surface area (Å²) in [6.45, 7) is 0.850. The van der Waals surface area contributed by atoms with E-state index in [-0.39, 0.29) is 6.61 Å². The van der Waals surface area contributed by atoms with Gasteiger partial charge in [-0.1, -0.05) is 24.1 Å². The predicted molar refractivity (Wildman–Crippen MR) is 87.0 cm³/mol. The minimum atomic E-state index is 0.248. The van der Waals surface area contributed by atoms with Crippen molar-refractivity contribution in [3.63, 3.8) is 0 Å². The third-order valence-corrected chi connectivity index (χ3v) is 3.51. The van der Waals surface area contributed by atoms with Crippen molar-refractivity contribution in [3.8, 4) is 24.2 Å². The van der Waals surface area contributed by atoms with Gasteiger partial charge < -0.3 is 10.1 Å². The van der Waals surface area contributed by atoms with E-state index in [1.54, 1.807) is 12.1 Å². The molecule has 0 amide bonds. The molecule has 0 bridgehead atoms. The van der Waals surface area contributed by atoms with Crippen LogP contribution in [0.1, 0.15) is 11.1 Å². The number of ether oxygens (including phenoxy) is 1. The Morgan fingerprint density at radius 1 is 1.24 bits per heavy atom. The first kappa shape index (κ1) is 15.0. The molecule has 0 unspecified atom stereocenters. The highest BCUT2D eigenvalue weighted by molar-refractivity contribution is 9.10. The maximum atomic E-state index is 8.86. The number of nitrogens with zero attached hydrogens (tertiary/aromatic N) is 1. The van der Waals surface area contributed by atoms with E-state index in [9.17, 15) is 0 Å². The molecule has 0 aliphatic carbocycles. The van der Waals surface area contributed by atoms with Gasteiger partial charge >= 0.3 is 0 Å². The molecule has 2 rings (SSSR count). The molecule has 0 saturated carbocycles. The minimum absolute atomic E-state index is 0.248. The highest BCUT2D eigenvalue weighted by Crippen LogP contribution is 2.25. The molecule has 0 aromatic heterocycles. The lowest BCUT2D eigenvalue weighted by molar-refractivity contribution is 0.366. The van der Waals surface area contributed by atoms with Crippen molar-refractivity contribution >= 4 is 21.6 Å². The second-order valence-corrected chi connectivity index (χ2v) is 5.11. The first-order chi connectivity index (χ1) is 10.2. The van der Waals surface area contributed by atoms with Crippen molar-refractivity contribution in [1.29, 1.82) is 5.26 Å². The van der Waals surface area contributed by atoms with E-state index < -0.39 is 0 Å². The van der Waals surface area contributed by atoms with Gasteiger partial charge in [-0.2, -0.15) is 5.26 Å². The van der Waals surface area contributed by atoms with Gasteiger partial charge in [-0.05, 0) is 40.2 Å². The van der Waals surface area contributed by atoms with Gasteiger partial charge in [0.15, 0.2) is 0 Å². The largest absolute Gasteiger partial charge is 0.481 e. The highest BCUT2D eigenvalue weighted by atomic mass is 79.9. The molecule has 0 spiro atoms. The summed E-state index contributed by atoms with van der Waals surface area (Å²) >= 11 is 3.45. The van der Waals surface area contributed by atoms with Gasteiger partial charge in [0.05, 0.1) is 11.6 Å². The predicted octanol–water partition coefficient (Wildman–Crippen LogP) is 3.94. The molecule has 0 fully saturated rings. The molecule has 0 aliphatic rings. The number of terminal acetylenes is 1. The standard InChI is InChI=1S/C17H13BrN2O/c1-2-9-21-17-6-4-3-5-14(17)12-20-16-8-7-13(11-19)10-15(16)18/h1,3-8,10,20H,9,12H2. The van der Waals surface area contributed by atoms with E-state index >= 15 is 0 Å². The molecular weight excluding hydrogens is 328 g/mol. The topological polar surface area (TPSA) is 45.0 Å². The quantitative estimate of drug-likeness (QED) is 0.838. The number of hydrogen-bond donors (Lipinski definition) is 1. The van der Waals surface area contributed by atoms with Crippen LogP contribution in [-0.4, -0.2) is 6.61 Å². The van der Waals surface area contributed by atoms with Crippen LogP contribution < -0.4 is 10.1 Å². The van der Waals surface area contributed by atoms with Crippen LogP contribution in [0.15, 0.2) is 46.9 Å². The fourth-order valence-corrected chi connectivity index (χ4v) is 2.35. The van der Waals surface area contributed by atoms with E-state index in [0.29, 0.717) is 12.1 Å². The zero-order valence-corrected chi connectivity index (χ0v) is 12.9. The van der Waals surface area contributed by atoms with Crippen molar-refractivity contribution in [3.05, 3.63) is 58.1 Å². The monoisotopic (exact) mass is 340 g/mol. The third-order valence-electron chi connectivity index (χ3n) is 2.85. The molecule has 2 aromatic carbocycles. The van der Waals surface area contributed by atoms with Crippen molar-refractivity contribution in [1.82, 2.24) is 0 Å². The van der Waals surface area contributed by atoms with Crippen LogP contribution in [0.5, 0.6) is 5.75 Å². The molecule has 2 aromatic rings. The zero-order valence-electron chi connectivity index (χ0n) is 11.3. The summed E-state index contributed by atoms with van der Waals surface area (Å²) in [5.41, 5.74) is 2.55. The Bertz CT molecular complexity index is 713. The molecule has 104 valence electrons. The number of hydrogen-bond acceptors (Lipinski definition) is 3. The summed E-state index contributed by atoms with van der Waals surface area (Å²) in [7, 11) is 0. The normalized spacial score (nSPS) is 9.48. The number of nitrogens with one attached hydrogen (secondary N) is 1. The molecule has 0 aliphatic heterocycles. The van der Waals surface area contributed by atoms with Crippen LogP contribution >= 0.6 is 15.9 Å². The summed E-state index contributed by atoms with van der Waals surface area (Å²) in [6, 6.07) is 15.3. The summed E-state index contributed by atoms with van der Waals surface area (Å²) in [5.74, 6) is 3.23. The van der Waals surface area contributed by atoms with Crippen LogP contribution in [0.2, 0.25) is 0 Å². The molecule has 0 atom stereocenters. The lowest BCUT2D eigenvalue weighted by Gasteiger charge is -2.12. The molecule has 3 nitrogen and oxygen atoms in total. The van der Waals surface area contributed by atoms with E-state index in [2.05, 4.69) is 33.2 Å². The van der Waals surface area contributed by atoms with Crippen molar-refractivity contribution in [2.24, 2.45) is 0 Å². The molecule has 0 saturated heterocycles. The first-order valence-corrected chi connectivity index (χ1v) is 7.11. The Labute approximate surface area is 132 Å². The summed E-state index contributed by atoms with van der Waals surface area (Å²) in [4.78, 5) is 0. The number of halogens is 1. The number of benzene rings is 2. The van der Waals surface area contributed by atoms with Gasteiger partial charge in [0, 0.05) is 22.3 Å². The van der Waals surface area contributed by atoms with Crippen molar-refractivity contribution < 1.29 is 4.74 Å². The van der Waals surface area contributed by atoms with Crippen molar-refractivity contribution in [2.45, 2.75) is 6.54 Å². The SMILES string of the molecule is C#CCOc1ccccc1CNc1ccc(C#N)cc1Br.